The number of hydrogen-bond donors (Lipinski definition) is 1. The third-order valence-electron chi connectivity index (χ3n) is 2.30. The molecule has 0 saturated carbocycles. The van der Waals surface area contributed by atoms with Crippen LogP contribution in [0.1, 0.15) is 28.4 Å². The smallest absolute Gasteiger partial charge is 0.338 e. The summed E-state index contributed by atoms with van der Waals surface area (Å²) in [4.78, 5) is 22.9. The highest BCUT2D eigenvalue weighted by Gasteiger charge is 2.11. The van der Waals surface area contributed by atoms with Crippen LogP contribution < -0.4 is 0 Å². The van der Waals surface area contributed by atoms with Gasteiger partial charge in [-0.3, -0.25) is 4.79 Å². The number of carbonyl (C=O) groups excluding carboxylic acids is 2. The topological polar surface area (TPSA) is 63.6 Å². The highest BCUT2D eigenvalue weighted by molar-refractivity contribution is 6.27. The molecule has 0 amide bonds. The number of aliphatic hydroxyl groups excluding tert-OH is 1. The summed E-state index contributed by atoms with van der Waals surface area (Å²) < 4.78 is 4.88. The monoisotopic (exact) mass is 270 g/mol. The van der Waals surface area contributed by atoms with Gasteiger partial charge in [-0.15, -0.1) is 11.6 Å². The number of alkyl halides is 1. The summed E-state index contributed by atoms with van der Waals surface area (Å²) >= 11 is 5.44. The zero-order chi connectivity index (χ0) is 13.5. The first-order chi connectivity index (χ1) is 8.60. The summed E-state index contributed by atoms with van der Waals surface area (Å²) in [6.45, 7) is 1.79. The molecule has 0 aliphatic heterocycles. The molecule has 0 spiro atoms. The quantitative estimate of drug-likeness (QED) is 0.631. The highest BCUT2D eigenvalue weighted by atomic mass is 35.5. The Morgan fingerprint density at radius 3 is 2.50 bits per heavy atom. The molecule has 18 heavy (non-hydrogen) atoms. The Bertz CT molecular complexity index is 443. The summed E-state index contributed by atoms with van der Waals surface area (Å²) in [7, 11) is 0. The van der Waals surface area contributed by atoms with Crippen molar-refractivity contribution < 1.29 is 19.4 Å². The lowest BCUT2D eigenvalue weighted by Gasteiger charge is -2.07. The number of benzene rings is 1. The zero-order valence-corrected chi connectivity index (χ0v) is 10.9. The molecule has 98 valence electrons. The number of Topliss-reactive ketones (excluding diaryl/α,β-unsaturated/α-hetero) is 1. The van der Waals surface area contributed by atoms with Crippen molar-refractivity contribution in [1.29, 1.82) is 0 Å². The first-order valence-corrected chi connectivity index (χ1v) is 6.12. The van der Waals surface area contributed by atoms with Crippen molar-refractivity contribution >= 4 is 23.4 Å². The van der Waals surface area contributed by atoms with Crippen LogP contribution in [0.15, 0.2) is 18.2 Å². The van der Waals surface area contributed by atoms with Gasteiger partial charge in [0.25, 0.3) is 0 Å². The Kier molecular flexibility index (Phi) is 5.82. The fourth-order valence-corrected chi connectivity index (χ4v) is 1.66. The molecule has 0 aromatic heterocycles. The first-order valence-electron chi connectivity index (χ1n) is 5.59. The predicted octanol–water partition coefficient (Wildman–Crippen LogP) is 1.71. The van der Waals surface area contributed by atoms with Crippen LogP contribution in [0, 0.1) is 0 Å². The normalized spacial score (nSPS) is 10.2. The fourth-order valence-electron chi connectivity index (χ4n) is 1.56. The van der Waals surface area contributed by atoms with Gasteiger partial charge in [-0.05, 0) is 30.2 Å². The number of aliphatic hydroxyl groups is 1. The lowest BCUT2D eigenvalue weighted by Crippen LogP contribution is -2.09. The van der Waals surface area contributed by atoms with E-state index in [0.717, 1.165) is 0 Å². The van der Waals surface area contributed by atoms with E-state index in [0.29, 0.717) is 16.7 Å². The number of halogens is 1. The van der Waals surface area contributed by atoms with Gasteiger partial charge >= 0.3 is 5.97 Å². The Balaban J connectivity index is 3.01. The molecule has 1 N–H and O–H groups in total. The van der Waals surface area contributed by atoms with Crippen LogP contribution in [0.5, 0.6) is 0 Å². The minimum atomic E-state index is -0.465. The second kappa shape index (κ2) is 7.13. The van der Waals surface area contributed by atoms with Crippen molar-refractivity contribution in [2.24, 2.45) is 0 Å². The van der Waals surface area contributed by atoms with Crippen LogP contribution in [-0.2, 0) is 22.6 Å². The van der Waals surface area contributed by atoms with Crippen LogP contribution in [0.3, 0.4) is 0 Å². The van der Waals surface area contributed by atoms with Gasteiger partial charge in [0.15, 0.2) is 5.78 Å². The molecule has 0 fully saturated rings. The van der Waals surface area contributed by atoms with Gasteiger partial charge in [0.05, 0.1) is 24.7 Å². The standard InChI is InChI=1S/C13H15ClO4/c1-2-18-13(17)11-4-9(6-12(16)7-14)3-10(5-11)8-15/h3-5,15H,2,6-8H2,1H3. The van der Waals surface area contributed by atoms with E-state index in [1.807, 2.05) is 0 Å². The number of esters is 1. The minimum Gasteiger partial charge on any atom is -0.462 e. The van der Waals surface area contributed by atoms with E-state index in [1.54, 1.807) is 25.1 Å². The molecular formula is C13H15ClO4. The van der Waals surface area contributed by atoms with Crippen LogP contribution in [-0.4, -0.2) is 29.3 Å². The maximum absolute atomic E-state index is 11.6. The fraction of sp³-hybridized carbons (Fsp3) is 0.385. The summed E-state index contributed by atoms with van der Waals surface area (Å²) in [5, 5.41) is 9.13. The van der Waals surface area contributed by atoms with Crippen LogP contribution in [0.25, 0.3) is 0 Å². The second-order valence-electron chi connectivity index (χ2n) is 3.77. The molecule has 1 rings (SSSR count). The van der Waals surface area contributed by atoms with E-state index in [2.05, 4.69) is 0 Å². The molecule has 0 aliphatic carbocycles. The molecule has 0 radical (unpaired) electrons. The first kappa shape index (κ1) is 14.7. The van der Waals surface area contributed by atoms with E-state index in [9.17, 15) is 9.59 Å². The minimum absolute atomic E-state index is 0.0713. The SMILES string of the molecule is CCOC(=O)c1cc(CO)cc(CC(=O)CCl)c1. The molecule has 1 aromatic carbocycles. The summed E-state index contributed by atoms with van der Waals surface area (Å²) in [6.07, 6.45) is 0.143. The average Bonchev–Trinajstić information content (AvgIpc) is 2.38. The number of carbonyl (C=O) groups is 2. The highest BCUT2D eigenvalue weighted by Crippen LogP contribution is 2.13. The average molecular weight is 271 g/mol. The van der Waals surface area contributed by atoms with Gasteiger partial charge in [-0.1, -0.05) is 6.07 Å². The molecule has 0 aliphatic rings. The molecule has 4 nitrogen and oxygen atoms in total. The summed E-state index contributed by atoms with van der Waals surface area (Å²) in [5.41, 5.74) is 1.55. The molecule has 5 heteroatoms. The number of ether oxygens (including phenoxy) is 1. The van der Waals surface area contributed by atoms with Crippen molar-refractivity contribution in [2.45, 2.75) is 20.0 Å². The van der Waals surface area contributed by atoms with E-state index >= 15 is 0 Å². The van der Waals surface area contributed by atoms with Crippen molar-refractivity contribution in [3.8, 4) is 0 Å². The van der Waals surface area contributed by atoms with Gasteiger partial charge in [-0.25, -0.2) is 4.79 Å². The molecule has 0 bridgehead atoms. The molecule has 1 aromatic rings. The van der Waals surface area contributed by atoms with Gasteiger partial charge in [-0.2, -0.15) is 0 Å². The second-order valence-corrected chi connectivity index (χ2v) is 4.03. The maximum Gasteiger partial charge on any atom is 0.338 e. The third kappa shape index (κ3) is 4.13. The molecular weight excluding hydrogens is 256 g/mol. The zero-order valence-electron chi connectivity index (χ0n) is 10.1. The molecule has 0 unspecified atom stereocenters. The van der Waals surface area contributed by atoms with E-state index in [-0.39, 0.29) is 31.3 Å². The van der Waals surface area contributed by atoms with Crippen LogP contribution in [0.4, 0.5) is 0 Å². The van der Waals surface area contributed by atoms with Gasteiger partial charge < -0.3 is 9.84 Å². The maximum atomic E-state index is 11.6. The lowest BCUT2D eigenvalue weighted by molar-refractivity contribution is -0.116. The number of hydrogen-bond acceptors (Lipinski definition) is 4. The van der Waals surface area contributed by atoms with Crippen molar-refractivity contribution in [3.05, 3.63) is 34.9 Å². The summed E-state index contributed by atoms with van der Waals surface area (Å²) in [5.74, 6) is -0.674. The third-order valence-corrected chi connectivity index (χ3v) is 2.59. The lowest BCUT2D eigenvalue weighted by atomic mass is 10.0. The van der Waals surface area contributed by atoms with Gasteiger partial charge in [0.1, 0.15) is 0 Å². The van der Waals surface area contributed by atoms with Gasteiger partial charge in [0, 0.05) is 6.42 Å². The van der Waals surface area contributed by atoms with Crippen molar-refractivity contribution in [2.75, 3.05) is 12.5 Å². The predicted molar refractivity (Wildman–Crippen MR) is 67.8 cm³/mol. The molecule has 0 heterocycles. The van der Waals surface area contributed by atoms with Gasteiger partial charge in [0.2, 0.25) is 0 Å². The Labute approximate surface area is 111 Å². The number of ketones is 1. The van der Waals surface area contributed by atoms with E-state index in [4.69, 9.17) is 21.4 Å². The Hall–Kier alpha value is -1.39. The Morgan fingerprint density at radius 2 is 1.94 bits per heavy atom. The van der Waals surface area contributed by atoms with E-state index in [1.165, 1.54) is 0 Å². The number of rotatable bonds is 6. The Morgan fingerprint density at radius 1 is 1.28 bits per heavy atom. The summed E-state index contributed by atoms with van der Waals surface area (Å²) in [6, 6.07) is 4.81. The largest absolute Gasteiger partial charge is 0.462 e. The van der Waals surface area contributed by atoms with Crippen molar-refractivity contribution in [3.63, 3.8) is 0 Å². The van der Waals surface area contributed by atoms with Crippen molar-refractivity contribution in [1.82, 2.24) is 0 Å². The molecule has 0 atom stereocenters. The van der Waals surface area contributed by atoms with Crippen LogP contribution >= 0.6 is 11.6 Å². The van der Waals surface area contributed by atoms with E-state index < -0.39 is 5.97 Å². The van der Waals surface area contributed by atoms with Crippen LogP contribution in [0.2, 0.25) is 0 Å². The molecule has 0 saturated heterocycles.